The number of hydrogen-bond acceptors (Lipinski definition) is 5. The van der Waals surface area contributed by atoms with Crippen LogP contribution in [0.15, 0.2) is 72.8 Å². The number of thiazole rings is 1. The molecule has 0 radical (unpaired) electrons. The molecule has 4 aromatic rings. The number of nitro groups is 1. The number of amides is 1. The average molecular weight is 430 g/mol. The molecule has 0 aliphatic rings. The van der Waals surface area contributed by atoms with Gasteiger partial charge in [0.15, 0.2) is 5.13 Å². The van der Waals surface area contributed by atoms with Crippen molar-refractivity contribution >= 4 is 28.1 Å². The summed E-state index contributed by atoms with van der Waals surface area (Å²) in [4.78, 5) is 29.1. The quantitative estimate of drug-likeness (QED) is 0.300. The summed E-state index contributed by atoms with van der Waals surface area (Å²) in [6.07, 6.45) is 0. The first kappa shape index (κ1) is 20.4. The van der Waals surface area contributed by atoms with E-state index in [0.29, 0.717) is 5.13 Å². The number of carbonyl (C=O) groups is 1. The number of rotatable bonds is 5. The maximum atomic E-state index is 12.8. The van der Waals surface area contributed by atoms with Crippen LogP contribution >= 0.6 is 11.3 Å². The average Bonchev–Trinajstić information content (AvgIpc) is 3.20. The van der Waals surface area contributed by atoms with Crippen LogP contribution in [0.2, 0.25) is 0 Å². The van der Waals surface area contributed by atoms with E-state index in [9.17, 15) is 14.9 Å². The number of para-hydroxylation sites is 1. The SMILES string of the molecule is Cc1ccc(-c2sc(NC(=O)c3ccccc3[N+](=O)[O-])nc2-c2ccccc2)cc1C. The summed E-state index contributed by atoms with van der Waals surface area (Å²) >= 11 is 1.35. The fraction of sp³-hybridized carbons (Fsp3) is 0.0833. The van der Waals surface area contributed by atoms with E-state index < -0.39 is 10.8 Å². The van der Waals surface area contributed by atoms with Gasteiger partial charge in [0.25, 0.3) is 11.6 Å². The van der Waals surface area contributed by atoms with Gasteiger partial charge in [-0.15, -0.1) is 0 Å². The van der Waals surface area contributed by atoms with Crippen LogP contribution in [-0.2, 0) is 0 Å². The molecule has 1 N–H and O–H groups in total. The standard InChI is InChI=1S/C24H19N3O3S/c1-15-12-13-18(14-16(15)2)22-21(17-8-4-3-5-9-17)25-24(31-22)26-23(28)19-10-6-7-11-20(19)27(29)30/h3-14H,1-2H3,(H,25,26,28). The van der Waals surface area contributed by atoms with Crippen molar-refractivity contribution < 1.29 is 9.72 Å². The lowest BCUT2D eigenvalue weighted by atomic mass is 10.0. The molecule has 1 aromatic heterocycles. The van der Waals surface area contributed by atoms with E-state index in [2.05, 4.69) is 36.3 Å². The van der Waals surface area contributed by atoms with Gasteiger partial charge in [-0.05, 0) is 36.6 Å². The molecule has 4 rings (SSSR count). The summed E-state index contributed by atoms with van der Waals surface area (Å²) in [6.45, 7) is 4.11. The van der Waals surface area contributed by atoms with Crippen LogP contribution in [0.1, 0.15) is 21.5 Å². The molecule has 0 bridgehead atoms. The van der Waals surface area contributed by atoms with Crippen LogP contribution < -0.4 is 5.32 Å². The Balaban J connectivity index is 1.76. The van der Waals surface area contributed by atoms with Gasteiger partial charge < -0.3 is 0 Å². The highest BCUT2D eigenvalue weighted by atomic mass is 32.1. The minimum Gasteiger partial charge on any atom is -0.298 e. The first-order chi connectivity index (χ1) is 14.9. The number of nitro benzene ring substituents is 1. The van der Waals surface area contributed by atoms with E-state index in [-0.39, 0.29) is 11.3 Å². The largest absolute Gasteiger partial charge is 0.298 e. The number of aryl methyl sites for hydroxylation is 2. The van der Waals surface area contributed by atoms with Crippen molar-refractivity contribution in [1.29, 1.82) is 0 Å². The summed E-state index contributed by atoms with van der Waals surface area (Å²) in [7, 11) is 0. The van der Waals surface area contributed by atoms with Crippen molar-refractivity contribution in [2.75, 3.05) is 5.32 Å². The van der Waals surface area contributed by atoms with Crippen LogP contribution in [0.25, 0.3) is 21.7 Å². The Kier molecular flexibility index (Phi) is 5.60. The number of aromatic nitrogens is 1. The maximum absolute atomic E-state index is 12.8. The fourth-order valence-corrected chi connectivity index (χ4v) is 4.21. The highest BCUT2D eigenvalue weighted by Crippen LogP contribution is 2.39. The molecular weight excluding hydrogens is 410 g/mol. The molecule has 0 atom stereocenters. The van der Waals surface area contributed by atoms with Gasteiger partial charge in [-0.2, -0.15) is 0 Å². The Labute approximate surface area is 183 Å². The predicted octanol–water partition coefficient (Wildman–Crippen LogP) is 6.25. The smallest absolute Gasteiger partial charge is 0.282 e. The molecule has 3 aromatic carbocycles. The van der Waals surface area contributed by atoms with Gasteiger partial charge >= 0.3 is 0 Å². The highest BCUT2D eigenvalue weighted by molar-refractivity contribution is 7.19. The van der Waals surface area contributed by atoms with Crippen LogP contribution in [0.3, 0.4) is 0 Å². The van der Waals surface area contributed by atoms with Crippen molar-refractivity contribution in [2.24, 2.45) is 0 Å². The van der Waals surface area contributed by atoms with Gasteiger partial charge in [-0.1, -0.05) is 72.0 Å². The van der Waals surface area contributed by atoms with Gasteiger partial charge in [-0.25, -0.2) is 4.98 Å². The second-order valence-corrected chi connectivity index (χ2v) is 8.09. The lowest BCUT2D eigenvalue weighted by Gasteiger charge is -2.05. The molecule has 0 saturated heterocycles. The first-order valence-electron chi connectivity index (χ1n) is 9.62. The van der Waals surface area contributed by atoms with E-state index in [1.165, 1.54) is 35.1 Å². The Morgan fingerprint density at radius 3 is 2.35 bits per heavy atom. The van der Waals surface area contributed by atoms with Crippen LogP contribution in [-0.4, -0.2) is 15.8 Å². The van der Waals surface area contributed by atoms with Crippen molar-refractivity contribution in [1.82, 2.24) is 4.98 Å². The predicted molar refractivity (Wildman–Crippen MR) is 124 cm³/mol. The van der Waals surface area contributed by atoms with Gasteiger partial charge in [0.1, 0.15) is 5.56 Å². The Morgan fingerprint density at radius 2 is 1.65 bits per heavy atom. The normalized spacial score (nSPS) is 10.6. The van der Waals surface area contributed by atoms with Crippen molar-refractivity contribution in [3.8, 4) is 21.7 Å². The van der Waals surface area contributed by atoms with E-state index in [1.807, 2.05) is 36.4 Å². The summed E-state index contributed by atoms with van der Waals surface area (Å²) in [6, 6.07) is 21.8. The minimum atomic E-state index is -0.563. The molecule has 0 unspecified atom stereocenters. The van der Waals surface area contributed by atoms with E-state index in [0.717, 1.165) is 27.3 Å². The molecule has 154 valence electrons. The lowest BCUT2D eigenvalue weighted by Crippen LogP contribution is -2.13. The van der Waals surface area contributed by atoms with Crippen LogP contribution in [0, 0.1) is 24.0 Å². The maximum Gasteiger partial charge on any atom is 0.282 e. The van der Waals surface area contributed by atoms with Gasteiger partial charge in [0.2, 0.25) is 0 Å². The summed E-state index contributed by atoms with van der Waals surface area (Å²) < 4.78 is 0. The molecule has 1 amide bonds. The molecule has 0 fully saturated rings. The second-order valence-electron chi connectivity index (χ2n) is 7.09. The minimum absolute atomic E-state index is 0.00306. The molecule has 1 heterocycles. The third kappa shape index (κ3) is 4.22. The van der Waals surface area contributed by atoms with Crippen molar-refractivity contribution in [3.05, 3.63) is 99.6 Å². The molecule has 7 heteroatoms. The van der Waals surface area contributed by atoms with Crippen molar-refractivity contribution in [3.63, 3.8) is 0 Å². The zero-order valence-corrected chi connectivity index (χ0v) is 17.8. The Hall–Kier alpha value is -3.84. The molecule has 0 saturated carbocycles. The zero-order valence-electron chi connectivity index (χ0n) is 17.0. The molecule has 0 spiro atoms. The van der Waals surface area contributed by atoms with Crippen LogP contribution in [0.4, 0.5) is 10.8 Å². The number of nitrogens with one attached hydrogen (secondary N) is 1. The Morgan fingerprint density at radius 1 is 0.935 bits per heavy atom. The summed E-state index contributed by atoms with van der Waals surface area (Å²) in [5.74, 6) is -0.563. The monoisotopic (exact) mass is 429 g/mol. The second kappa shape index (κ2) is 8.49. The third-order valence-corrected chi connectivity index (χ3v) is 6.03. The Bertz CT molecular complexity index is 1280. The van der Waals surface area contributed by atoms with Gasteiger partial charge in [0, 0.05) is 11.6 Å². The third-order valence-electron chi connectivity index (χ3n) is 5.01. The number of nitrogens with zero attached hydrogens (tertiary/aromatic N) is 2. The van der Waals surface area contributed by atoms with E-state index in [4.69, 9.17) is 0 Å². The molecule has 6 nitrogen and oxygen atoms in total. The highest BCUT2D eigenvalue weighted by Gasteiger charge is 2.22. The van der Waals surface area contributed by atoms with Crippen molar-refractivity contribution in [2.45, 2.75) is 13.8 Å². The molecule has 0 aliphatic carbocycles. The topological polar surface area (TPSA) is 85.1 Å². The molecular formula is C24H19N3O3S. The van der Waals surface area contributed by atoms with Gasteiger partial charge in [0.05, 0.1) is 15.5 Å². The zero-order chi connectivity index (χ0) is 22.0. The molecule has 31 heavy (non-hydrogen) atoms. The van der Waals surface area contributed by atoms with Gasteiger partial charge in [-0.3, -0.25) is 20.2 Å². The fourth-order valence-electron chi connectivity index (χ4n) is 3.23. The number of benzene rings is 3. The van der Waals surface area contributed by atoms with E-state index >= 15 is 0 Å². The number of hydrogen-bond donors (Lipinski definition) is 1. The lowest BCUT2D eigenvalue weighted by molar-refractivity contribution is -0.385. The first-order valence-corrected chi connectivity index (χ1v) is 10.4. The number of carbonyl (C=O) groups excluding carboxylic acids is 1. The number of anilines is 1. The van der Waals surface area contributed by atoms with E-state index in [1.54, 1.807) is 6.07 Å². The summed E-state index contributed by atoms with van der Waals surface area (Å²) in [5, 5.41) is 14.4. The van der Waals surface area contributed by atoms with Crippen LogP contribution in [0.5, 0.6) is 0 Å². The molecule has 0 aliphatic heterocycles. The summed E-state index contributed by atoms with van der Waals surface area (Å²) in [5.41, 5.74) is 4.80.